The lowest BCUT2D eigenvalue weighted by molar-refractivity contribution is -0.137. The molecule has 0 aliphatic rings. The molecule has 0 saturated heterocycles. The van der Waals surface area contributed by atoms with Gasteiger partial charge < -0.3 is 19.9 Å². The number of carboxylic acids is 1. The molecule has 29 heavy (non-hydrogen) atoms. The Hall–Kier alpha value is -3.61. The molecule has 7 heteroatoms. The predicted octanol–water partition coefficient (Wildman–Crippen LogP) is 4.10. The molecule has 150 valence electrons. The quantitative estimate of drug-likeness (QED) is 0.595. The highest BCUT2D eigenvalue weighted by atomic mass is 16.5. The second-order valence-electron chi connectivity index (χ2n) is 6.49. The van der Waals surface area contributed by atoms with Crippen LogP contribution in [-0.4, -0.2) is 35.3 Å². The fourth-order valence-electron chi connectivity index (χ4n) is 3.04. The van der Waals surface area contributed by atoms with Crippen molar-refractivity contribution in [1.82, 2.24) is 9.97 Å². The standard InChI is InChI=1S/C22H23N3O4/c1-14-23-19(15-6-4-8-17(10-15)28-2)12-21(24-14)25-20(13-22(26)27)16-7-5-9-18(11-16)29-3/h4-12,20H,13H2,1-3H3,(H,26,27)(H,23,24,25). The van der Waals surface area contributed by atoms with Crippen molar-refractivity contribution in [3.63, 3.8) is 0 Å². The van der Waals surface area contributed by atoms with Crippen LogP contribution in [0.1, 0.15) is 23.9 Å². The van der Waals surface area contributed by atoms with Gasteiger partial charge in [0.05, 0.1) is 32.4 Å². The Kier molecular flexibility index (Phi) is 6.29. The lowest BCUT2D eigenvalue weighted by atomic mass is 10.0. The van der Waals surface area contributed by atoms with Gasteiger partial charge in [-0.15, -0.1) is 0 Å². The first-order valence-electron chi connectivity index (χ1n) is 9.11. The number of rotatable bonds is 8. The summed E-state index contributed by atoms with van der Waals surface area (Å²) in [7, 11) is 3.19. The summed E-state index contributed by atoms with van der Waals surface area (Å²) in [6, 6.07) is 16.2. The van der Waals surface area contributed by atoms with Crippen molar-refractivity contribution >= 4 is 11.8 Å². The number of nitrogens with zero attached hydrogens (tertiary/aromatic N) is 2. The van der Waals surface area contributed by atoms with Crippen LogP contribution in [0.15, 0.2) is 54.6 Å². The summed E-state index contributed by atoms with van der Waals surface area (Å²) in [6.07, 6.45) is -0.106. The summed E-state index contributed by atoms with van der Waals surface area (Å²) in [5.74, 6) is 1.60. The van der Waals surface area contributed by atoms with Gasteiger partial charge in [-0.3, -0.25) is 4.79 Å². The van der Waals surface area contributed by atoms with E-state index in [-0.39, 0.29) is 6.42 Å². The van der Waals surface area contributed by atoms with E-state index >= 15 is 0 Å². The molecule has 0 bridgehead atoms. The second-order valence-corrected chi connectivity index (χ2v) is 6.49. The minimum Gasteiger partial charge on any atom is -0.497 e. The summed E-state index contributed by atoms with van der Waals surface area (Å²) >= 11 is 0. The van der Waals surface area contributed by atoms with E-state index in [0.717, 1.165) is 22.6 Å². The van der Waals surface area contributed by atoms with E-state index in [0.29, 0.717) is 17.4 Å². The minimum absolute atomic E-state index is 0.106. The Labute approximate surface area is 169 Å². The molecule has 0 fully saturated rings. The monoisotopic (exact) mass is 393 g/mol. The summed E-state index contributed by atoms with van der Waals surface area (Å²) in [5.41, 5.74) is 2.40. The molecule has 2 N–H and O–H groups in total. The molecule has 0 spiro atoms. The van der Waals surface area contributed by atoms with Gasteiger partial charge in [0.15, 0.2) is 0 Å². The Morgan fingerprint density at radius 1 is 1.03 bits per heavy atom. The van der Waals surface area contributed by atoms with Crippen molar-refractivity contribution in [2.75, 3.05) is 19.5 Å². The highest BCUT2D eigenvalue weighted by Crippen LogP contribution is 2.28. The Balaban J connectivity index is 1.95. The van der Waals surface area contributed by atoms with Gasteiger partial charge in [-0.1, -0.05) is 24.3 Å². The number of nitrogens with one attached hydrogen (secondary N) is 1. The molecule has 1 atom stereocenters. The summed E-state index contributed by atoms with van der Waals surface area (Å²) in [4.78, 5) is 20.4. The molecule has 0 amide bonds. The number of benzene rings is 2. The van der Waals surface area contributed by atoms with Gasteiger partial charge in [0.1, 0.15) is 23.1 Å². The molecule has 2 aromatic carbocycles. The highest BCUT2D eigenvalue weighted by Gasteiger charge is 2.18. The molecule has 1 unspecified atom stereocenters. The Morgan fingerprint density at radius 2 is 1.72 bits per heavy atom. The molecule has 0 saturated carbocycles. The number of ether oxygens (including phenoxy) is 2. The molecule has 7 nitrogen and oxygen atoms in total. The Bertz CT molecular complexity index is 1010. The second kappa shape index (κ2) is 9.05. The van der Waals surface area contributed by atoms with Crippen LogP contribution in [0.2, 0.25) is 0 Å². The smallest absolute Gasteiger partial charge is 0.305 e. The molecule has 0 aliphatic heterocycles. The zero-order valence-electron chi connectivity index (χ0n) is 16.5. The minimum atomic E-state index is -0.913. The number of aryl methyl sites for hydroxylation is 1. The SMILES string of the molecule is COc1cccc(-c2cc(NC(CC(=O)O)c3cccc(OC)c3)nc(C)n2)c1. The highest BCUT2D eigenvalue weighted by molar-refractivity contribution is 5.69. The van der Waals surface area contributed by atoms with E-state index in [1.54, 1.807) is 27.2 Å². The van der Waals surface area contributed by atoms with Crippen molar-refractivity contribution in [2.24, 2.45) is 0 Å². The Morgan fingerprint density at radius 3 is 2.41 bits per heavy atom. The molecular weight excluding hydrogens is 370 g/mol. The van der Waals surface area contributed by atoms with Crippen LogP contribution in [0, 0.1) is 6.92 Å². The third kappa shape index (κ3) is 5.22. The van der Waals surface area contributed by atoms with E-state index in [2.05, 4.69) is 15.3 Å². The fourth-order valence-corrected chi connectivity index (χ4v) is 3.04. The summed E-state index contributed by atoms with van der Waals surface area (Å²) in [6.45, 7) is 1.80. The lowest BCUT2D eigenvalue weighted by Gasteiger charge is -2.19. The topological polar surface area (TPSA) is 93.6 Å². The van der Waals surface area contributed by atoms with Gasteiger partial charge in [0.25, 0.3) is 0 Å². The van der Waals surface area contributed by atoms with Crippen molar-refractivity contribution < 1.29 is 19.4 Å². The molecule has 0 aliphatic carbocycles. The van der Waals surface area contributed by atoms with E-state index < -0.39 is 12.0 Å². The molecule has 3 rings (SSSR count). The lowest BCUT2D eigenvalue weighted by Crippen LogP contribution is -2.16. The molecule has 0 radical (unpaired) electrons. The van der Waals surface area contributed by atoms with Crippen molar-refractivity contribution in [3.8, 4) is 22.8 Å². The number of aliphatic carboxylic acids is 1. The zero-order chi connectivity index (χ0) is 20.8. The number of anilines is 1. The molecule has 1 aromatic heterocycles. The normalized spacial score (nSPS) is 11.6. The van der Waals surface area contributed by atoms with Gasteiger partial charge in [-0.2, -0.15) is 0 Å². The van der Waals surface area contributed by atoms with Gasteiger partial charge >= 0.3 is 5.97 Å². The van der Waals surface area contributed by atoms with Crippen LogP contribution in [0.5, 0.6) is 11.5 Å². The molecular formula is C22H23N3O4. The predicted molar refractivity (Wildman–Crippen MR) is 110 cm³/mol. The first-order valence-corrected chi connectivity index (χ1v) is 9.11. The average Bonchev–Trinajstić information content (AvgIpc) is 2.72. The van der Waals surface area contributed by atoms with Crippen LogP contribution in [-0.2, 0) is 4.79 Å². The number of hydrogen-bond donors (Lipinski definition) is 2. The van der Waals surface area contributed by atoms with Gasteiger partial charge in [0.2, 0.25) is 0 Å². The first-order chi connectivity index (χ1) is 14.0. The van der Waals surface area contributed by atoms with Gasteiger partial charge in [-0.05, 0) is 36.8 Å². The number of carboxylic acid groups (broad SMARTS) is 1. The van der Waals surface area contributed by atoms with Crippen LogP contribution in [0.4, 0.5) is 5.82 Å². The van der Waals surface area contributed by atoms with Crippen LogP contribution < -0.4 is 14.8 Å². The number of hydrogen-bond acceptors (Lipinski definition) is 6. The number of methoxy groups -OCH3 is 2. The van der Waals surface area contributed by atoms with E-state index in [1.165, 1.54) is 0 Å². The van der Waals surface area contributed by atoms with Gasteiger partial charge in [0, 0.05) is 11.6 Å². The maximum atomic E-state index is 11.4. The number of aromatic nitrogens is 2. The summed E-state index contributed by atoms with van der Waals surface area (Å²) in [5, 5.41) is 12.6. The fraction of sp³-hybridized carbons (Fsp3) is 0.227. The van der Waals surface area contributed by atoms with Crippen LogP contribution in [0.3, 0.4) is 0 Å². The maximum absolute atomic E-state index is 11.4. The van der Waals surface area contributed by atoms with Crippen molar-refractivity contribution in [1.29, 1.82) is 0 Å². The van der Waals surface area contributed by atoms with Crippen LogP contribution >= 0.6 is 0 Å². The average molecular weight is 393 g/mol. The maximum Gasteiger partial charge on any atom is 0.305 e. The summed E-state index contributed by atoms with van der Waals surface area (Å²) < 4.78 is 10.6. The van der Waals surface area contributed by atoms with Gasteiger partial charge in [-0.25, -0.2) is 9.97 Å². The van der Waals surface area contributed by atoms with E-state index in [4.69, 9.17) is 9.47 Å². The third-order valence-electron chi connectivity index (χ3n) is 4.40. The van der Waals surface area contributed by atoms with Crippen molar-refractivity contribution in [3.05, 3.63) is 66.0 Å². The van der Waals surface area contributed by atoms with E-state index in [9.17, 15) is 9.90 Å². The van der Waals surface area contributed by atoms with E-state index in [1.807, 2.05) is 48.5 Å². The number of carbonyl (C=O) groups is 1. The largest absolute Gasteiger partial charge is 0.497 e. The third-order valence-corrected chi connectivity index (χ3v) is 4.40. The van der Waals surface area contributed by atoms with Crippen LogP contribution in [0.25, 0.3) is 11.3 Å². The first kappa shape index (κ1) is 20.1. The van der Waals surface area contributed by atoms with Crippen molar-refractivity contribution in [2.45, 2.75) is 19.4 Å². The zero-order valence-corrected chi connectivity index (χ0v) is 16.5. The molecule has 3 aromatic rings. The molecule has 1 heterocycles.